The summed E-state index contributed by atoms with van der Waals surface area (Å²) in [5.41, 5.74) is 0. The molecule has 0 bridgehead atoms. The Balaban J connectivity index is -0.0000000800. The van der Waals surface area contributed by atoms with E-state index in [-0.39, 0.29) is 9.41 Å². The van der Waals surface area contributed by atoms with Crippen LogP contribution < -0.4 is 9.41 Å². The maximum Gasteiger partial charge on any atom is -1.00 e. The molecule has 7 heavy (non-hydrogen) atoms. The van der Waals surface area contributed by atoms with E-state index in [1.54, 1.807) is 0 Å². The van der Waals surface area contributed by atoms with Crippen molar-refractivity contribution >= 4 is 16.3 Å². The van der Waals surface area contributed by atoms with Crippen LogP contribution in [0.25, 0.3) is 0 Å². The van der Waals surface area contributed by atoms with Gasteiger partial charge in [-0.25, -0.2) is 0 Å². The summed E-state index contributed by atoms with van der Waals surface area (Å²) in [6, 6.07) is 0. The van der Waals surface area contributed by atoms with Crippen LogP contribution in [0.3, 0.4) is 0 Å². The van der Waals surface area contributed by atoms with Crippen molar-refractivity contribution in [2.45, 2.75) is 25.0 Å². The molecule has 0 aliphatic carbocycles. The normalized spacial score (nSPS) is 10.9. The van der Waals surface area contributed by atoms with Crippen LogP contribution in [0.1, 0.15) is 20.3 Å². The molecule has 0 N–H and O–H groups in total. The van der Waals surface area contributed by atoms with Crippen molar-refractivity contribution in [3.63, 3.8) is 0 Å². The van der Waals surface area contributed by atoms with Gasteiger partial charge in [0.15, 0.2) is 0 Å². The fourth-order valence-corrected chi connectivity index (χ4v) is 0. The molecule has 0 heterocycles. The number of halogens is 2. The van der Waals surface area contributed by atoms with Crippen LogP contribution in [-0.2, 0) is 0 Å². The Labute approximate surface area is 51.5 Å². The Morgan fingerprint density at radius 1 is 1.43 bits per heavy atom. The van der Waals surface area contributed by atoms with Gasteiger partial charge in [0, 0.05) is 0 Å². The van der Waals surface area contributed by atoms with E-state index < -0.39 is 0 Å². The van der Waals surface area contributed by atoms with Crippen LogP contribution >= 0.6 is 0 Å². The largest absolute Gasteiger partial charge is 1.00 e. The first kappa shape index (κ1) is 15.7. The summed E-state index contributed by atoms with van der Waals surface area (Å²) in [5.74, 6) is 0. The van der Waals surface area contributed by atoms with Gasteiger partial charge in [-0.05, 0) is 0 Å². The molecular weight excluding hydrogens is 113 g/mol. The third kappa shape index (κ3) is 21.5. The van der Waals surface area contributed by atoms with Crippen LogP contribution in [0.4, 0.5) is 0 Å². The number of rotatable bonds is 1. The maximum absolute atomic E-state index is 2.73. The van der Waals surface area contributed by atoms with E-state index in [4.69, 9.17) is 0 Å². The first-order chi connectivity index (χ1) is 2.27. The van der Waals surface area contributed by atoms with Gasteiger partial charge in [-0.3, -0.25) is 0 Å². The first-order valence-corrected chi connectivity index (χ1v) is 2.69. The average Bonchev–Trinajstić information content (AvgIpc) is 1.38. The monoisotopic (exact) mass is 122 g/mol. The van der Waals surface area contributed by atoms with Crippen molar-refractivity contribution in [3.8, 4) is 0 Å². The van der Waals surface area contributed by atoms with Crippen LogP contribution in [0.15, 0.2) is 0 Å². The summed E-state index contributed by atoms with van der Waals surface area (Å²) >= 11 is 2.73. The van der Waals surface area contributed by atoms with E-state index >= 15 is 0 Å². The average molecular weight is 122 g/mol. The Morgan fingerprint density at radius 2 is 1.57 bits per heavy atom. The van der Waals surface area contributed by atoms with Gasteiger partial charge in [-0.2, -0.15) is 0 Å². The third-order valence-corrected chi connectivity index (χ3v) is 1.12. The number of hydrogen-bond donors (Lipinski definition) is 0. The molecule has 0 saturated carbocycles. The summed E-state index contributed by atoms with van der Waals surface area (Å²) in [6.07, 6.45) is 1.27. The molecule has 1 unspecified atom stereocenters. The molecule has 0 aromatic rings. The zero-order valence-corrected chi connectivity index (χ0v) is 5.77. The van der Waals surface area contributed by atoms with Gasteiger partial charge in [0.2, 0.25) is 0 Å². The molecular formula is C4H9AlF2. The van der Waals surface area contributed by atoms with Crippen molar-refractivity contribution in [2.75, 3.05) is 0 Å². The minimum atomic E-state index is 0. The first-order valence-electron chi connectivity index (χ1n) is 2.03. The second kappa shape index (κ2) is 9.63. The van der Waals surface area contributed by atoms with Crippen molar-refractivity contribution in [2.24, 2.45) is 0 Å². The standard InChI is InChI=1S/C4H9.Al.2FH/c1-3-4-2;;;/h3H,4H2,1-2H3;;2*1H/q;+2;;/p-2. The van der Waals surface area contributed by atoms with E-state index in [0.717, 1.165) is 4.78 Å². The summed E-state index contributed by atoms with van der Waals surface area (Å²) in [7, 11) is 0. The molecule has 0 aliphatic heterocycles. The topological polar surface area (TPSA) is 0 Å². The Kier molecular flexibility index (Phi) is 21.5. The summed E-state index contributed by atoms with van der Waals surface area (Å²) in [6.45, 7) is 4.36. The van der Waals surface area contributed by atoms with Gasteiger partial charge in [0.25, 0.3) is 0 Å². The molecule has 0 saturated heterocycles. The van der Waals surface area contributed by atoms with Crippen molar-refractivity contribution in [1.82, 2.24) is 0 Å². The van der Waals surface area contributed by atoms with Gasteiger partial charge in [-0.15, -0.1) is 0 Å². The fourth-order valence-electron chi connectivity index (χ4n) is 0. The predicted molar refractivity (Wildman–Crippen MR) is 25.5 cm³/mol. The Morgan fingerprint density at radius 3 is 1.57 bits per heavy atom. The molecule has 0 aromatic heterocycles. The molecule has 3 heteroatoms. The third-order valence-electron chi connectivity index (χ3n) is 0.644. The summed E-state index contributed by atoms with van der Waals surface area (Å²) in [4.78, 5) is 0. The van der Waals surface area contributed by atoms with Crippen molar-refractivity contribution in [1.29, 1.82) is 0 Å². The molecule has 42 valence electrons. The van der Waals surface area contributed by atoms with E-state index in [1.807, 2.05) is 0 Å². The maximum atomic E-state index is 2.73. The van der Waals surface area contributed by atoms with E-state index in [1.165, 1.54) is 6.42 Å². The molecule has 1 atom stereocenters. The van der Waals surface area contributed by atoms with Crippen molar-refractivity contribution < 1.29 is 9.41 Å². The van der Waals surface area contributed by atoms with E-state index in [2.05, 4.69) is 30.1 Å². The SMILES string of the molecule is CC[CH](C)[Al+2].[F-].[F-]. The van der Waals surface area contributed by atoms with Gasteiger partial charge < -0.3 is 9.41 Å². The summed E-state index contributed by atoms with van der Waals surface area (Å²) < 4.78 is 0.801. The minimum absolute atomic E-state index is 0. The quantitative estimate of drug-likeness (QED) is 0.307. The fraction of sp³-hybridized carbons (Fsp3) is 1.00. The molecule has 0 radical (unpaired) electrons. The second-order valence-electron chi connectivity index (χ2n) is 1.39. The smallest absolute Gasteiger partial charge is 1.00 e. The molecule has 0 spiro atoms. The Bertz CT molecular complexity index is 23.7. The van der Waals surface area contributed by atoms with Gasteiger partial charge >= 0.3 is 41.3 Å². The van der Waals surface area contributed by atoms with Gasteiger partial charge in [0.05, 0.1) is 0 Å². The molecule has 0 rings (SSSR count). The zero-order chi connectivity index (χ0) is 4.28. The zero-order valence-electron chi connectivity index (χ0n) is 4.62. The number of hydrogen-bond acceptors (Lipinski definition) is 0. The molecule has 0 fully saturated rings. The van der Waals surface area contributed by atoms with Crippen LogP contribution in [0.5, 0.6) is 0 Å². The van der Waals surface area contributed by atoms with Crippen LogP contribution in [-0.4, -0.2) is 16.3 Å². The van der Waals surface area contributed by atoms with Crippen LogP contribution in [0, 0.1) is 0 Å². The molecule has 0 aromatic carbocycles. The summed E-state index contributed by atoms with van der Waals surface area (Å²) in [5, 5.41) is 0. The molecule has 0 aliphatic rings. The van der Waals surface area contributed by atoms with E-state index in [0.29, 0.717) is 0 Å². The van der Waals surface area contributed by atoms with E-state index in [9.17, 15) is 0 Å². The molecule has 0 nitrogen and oxygen atoms in total. The second-order valence-corrected chi connectivity index (χ2v) is 2.52. The predicted octanol–water partition coefficient (Wildman–Crippen LogP) is -4.62. The molecule has 0 amide bonds. The minimum Gasteiger partial charge on any atom is -1.00 e. The Hall–Kier alpha value is 0.392. The van der Waals surface area contributed by atoms with Crippen LogP contribution in [0.2, 0.25) is 4.78 Å². The van der Waals surface area contributed by atoms with Gasteiger partial charge in [0.1, 0.15) is 0 Å². The van der Waals surface area contributed by atoms with Gasteiger partial charge in [-0.1, -0.05) is 0 Å². The van der Waals surface area contributed by atoms with Crippen molar-refractivity contribution in [3.05, 3.63) is 0 Å².